The van der Waals surface area contributed by atoms with E-state index < -0.39 is 6.04 Å². The summed E-state index contributed by atoms with van der Waals surface area (Å²) in [7, 11) is 5.28. The summed E-state index contributed by atoms with van der Waals surface area (Å²) in [6, 6.07) is 17.0. The Morgan fingerprint density at radius 2 is 1.71 bits per heavy atom. The van der Waals surface area contributed by atoms with Gasteiger partial charge in [-0.15, -0.1) is 0 Å². The number of piperazine rings is 1. The van der Waals surface area contributed by atoms with Gasteiger partial charge in [-0.05, 0) is 29.8 Å². The molecule has 1 saturated heterocycles. The van der Waals surface area contributed by atoms with Gasteiger partial charge in [0.25, 0.3) is 5.91 Å². The highest BCUT2D eigenvalue weighted by Gasteiger charge is 2.36. The van der Waals surface area contributed by atoms with Crippen molar-refractivity contribution in [2.45, 2.75) is 12.6 Å². The fourth-order valence-corrected chi connectivity index (χ4v) is 3.47. The number of carbonyl (C=O) groups is 2. The van der Waals surface area contributed by atoms with Crippen LogP contribution in [0.1, 0.15) is 15.9 Å². The van der Waals surface area contributed by atoms with Gasteiger partial charge in [-0.25, -0.2) is 4.79 Å². The van der Waals surface area contributed by atoms with Gasteiger partial charge in [0.05, 0.1) is 7.11 Å². The number of methoxy groups -OCH3 is 1. The molecule has 3 rings (SSSR count). The first-order valence-electron chi connectivity index (χ1n) is 9.42. The Hall–Kier alpha value is -2.86. The smallest absolute Gasteiger partial charge is 0.329 e. The fourth-order valence-electron chi connectivity index (χ4n) is 3.47. The van der Waals surface area contributed by atoms with Crippen molar-refractivity contribution >= 4 is 17.6 Å². The predicted octanol–water partition coefficient (Wildman–Crippen LogP) is 2.25. The Morgan fingerprint density at radius 1 is 1.04 bits per heavy atom. The molecular formula is C22H27N3O3. The number of amides is 1. The zero-order valence-electron chi connectivity index (χ0n) is 16.7. The molecule has 1 unspecified atom stereocenters. The Morgan fingerprint density at radius 3 is 2.32 bits per heavy atom. The van der Waals surface area contributed by atoms with Crippen LogP contribution in [0.25, 0.3) is 0 Å². The van der Waals surface area contributed by atoms with E-state index in [-0.39, 0.29) is 11.9 Å². The summed E-state index contributed by atoms with van der Waals surface area (Å²) < 4.78 is 4.99. The largest absolute Gasteiger partial charge is 0.467 e. The number of benzene rings is 2. The third-order valence-corrected chi connectivity index (χ3v) is 5.08. The second-order valence-corrected chi connectivity index (χ2v) is 7.20. The quantitative estimate of drug-likeness (QED) is 0.744. The van der Waals surface area contributed by atoms with Crippen molar-refractivity contribution in [2.24, 2.45) is 0 Å². The molecule has 6 nitrogen and oxygen atoms in total. The van der Waals surface area contributed by atoms with Crippen molar-refractivity contribution in [3.05, 3.63) is 65.7 Å². The van der Waals surface area contributed by atoms with E-state index in [1.54, 1.807) is 4.90 Å². The van der Waals surface area contributed by atoms with E-state index >= 15 is 0 Å². The van der Waals surface area contributed by atoms with Crippen LogP contribution in [0.3, 0.4) is 0 Å². The standard InChI is InChI=1S/C22H27N3O3/c1-23(2)19-11-9-18(10-12-19)21(26)25-14-13-24(16-20(25)22(27)28-3)15-17-7-5-4-6-8-17/h4-12,20H,13-16H2,1-3H3. The molecule has 1 amide bonds. The molecule has 1 aliphatic heterocycles. The monoisotopic (exact) mass is 381 g/mol. The Bertz CT molecular complexity index is 806. The van der Waals surface area contributed by atoms with E-state index in [4.69, 9.17) is 4.74 Å². The number of esters is 1. The van der Waals surface area contributed by atoms with Crippen molar-refractivity contribution in [1.82, 2.24) is 9.80 Å². The lowest BCUT2D eigenvalue weighted by molar-refractivity contribution is -0.148. The number of nitrogens with zero attached hydrogens (tertiary/aromatic N) is 3. The lowest BCUT2D eigenvalue weighted by atomic mass is 10.1. The van der Waals surface area contributed by atoms with Crippen LogP contribution in [-0.2, 0) is 16.1 Å². The highest BCUT2D eigenvalue weighted by atomic mass is 16.5. The van der Waals surface area contributed by atoms with Crippen LogP contribution in [-0.4, -0.2) is 68.6 Å². The molecule has 148 valence electrons. The lowest BCUT2D eigenvalue weighted by Gasteiger charge is -2.40. The molecule has 0 radical (unpaired) electrons. The molecule has 6 heteroatoms. The summed E-state index contributed by atoms with van der Waals surface area (Å²) in [4.78, 5) is 31.3. The van der Waals surface area contributed by atoms with Gasteiger partial charge in [0.15, 0.2) is 0 Å². The van der Waals surface area contributed by atoms with Crippen molar-refractivity contribution in [3.63, 3.8) is 0 Å². The maximum absolute atomic E-state index is 13.1. The summed E-state index contributed by atoms with van der Waals surface area (Å²) >= 11 is 0. The molecule has 1 heterocycles. The number of rotatable bonds is 5. The van der Waals surface area contributed by atoms with Gasteiger partial charge in [-0.3, -0.25) is 9.69 Å². The highest BCUT2D eigenvalue weighted by molar-refractivity contribution is 5.97. The van der Waals surface area contributed by atoms with Gasteiger partial charge in [0.2, 0.25) is 0 Å². The molecule has 0 saturated carbocycles. The molecule has 2 aromatic rings. The summed E-state index contributed by atoms with van der Waals surface area (Å²) in [5.41, 5.74) is 2.79. The molecule has 28 heavy (non-hydrogen) atoms. The second kappa shape index (κ2) is 8.89. The number of hydrogen-bond acceptors (Lipinski definition) is 5. The summed E-state index contributed by atoms with van der Waals surface area (Å²) in [6.07, 6.45) is 0. The van der Waals surface area contributed by atoms with Crippen LogP contribution in [0, 0.1) is 0 Å². The Kier molecular flexibility index (Phi) is 6.31. The Balaban J connectivity index is 1.74. The molecule has 0 aromatic heterocycles. The van der Waals surface area contributed by atoms with Crippen molar-refractivity contribution in [3.8, 4) is 0 Å². The minimum Gasteiger partial charge on any atom is -0.467 e. The van der Waals surface area contributed by atoms with E-state index in [0.29, 0.717) is 25.2 Å². The third kappa shape index (κ3) is 4.51. The zero-order valence-corrected chi connectivity index (χ0v) is 16.7. The molecule has 1 fully saturated rings. The summed E-state index contributed by atoms with van der Waals surface area (Å²) in [6.45, 7) is 2.40. The van der Waals surface area contributed by atoms with Gasteiger partial charge in [0, 0.05) is 51.5 Å². The van der Waals surface area contributed by atoms with E-state index in [1.807, 2.05) is 61.5 Å². The van der Waals surface area contributed by atoms with Crippen molar-refractivity contribution in [2.75, 3.05) is 45.7 Å². The van der Waals surface area contributed by atoms with Crippen LogP contribution in [0.5, 0.6) is 0 Å². The van der Waals surface area contributed by atoms with E-state index in [2.05, 4.69) is 17.0 Å². The summed E-state index contributed by atoms with van der Waals surface area (Å²) in [5.74, 6) is -0.518. The van der Waals surface area contributed by atoms with Crippen LogP contribution >= 0.6 is 0 Å². The molecular weight excluding hydrogens is 354 g/mol. The molecule has 2 aromatic carbocycles. The predicted molar refractivity (Wildman–Crippen MR) is 109 cm³/mol. The first-order valence-corrected chi connectivity index (χ1v) is 9.42. The van der Waals surface area contributed by atoms with Gasteiger partial charge in [-0.1, -0.05) is 30.3 Å². The lowest BCUT2D eigenvalue weighted by Crippen LogP contribution is -2.58. The maximum atomic E-state index is 13.1. The van der Waals surface area contributed by atoms with E-state index in [1.165, 1.54) is 12.7 Å². The highest BCUT2D eigenvalue weighted by Crippen LogP contribution is 2.19. The first kappa shape index (κ1) is 19.9. The number of carbonyl (C=O) groups excluding carboxylic acids is 2. The van der Waals surface area contributed by atoms with Crippen LogP contribution in [0.4, 0.5) is 5.69 Å². The van der Waals surface area contributed by atoms with Crippen LogP contribution in [0.15, 0.2) is 54.6 Å². The number of anilines is 1. The van der Waals surface area contributed by atoms with Gasteiger partial charge >= 0.3 is 5.97 Å². The Labute approximate surface area is 166 Å². The van der Waals surface area contributed by atoms with Gasteiger partial charge in [0.1, 0.15) is 6.04 Å². The van der Waals surface area contributed by atoms with Crippen LogP contribution in [0.2, 0.25) is 0 Å². The SMILES string of the molecule is COC(=O)C1CN(Cc2ccccc2)CCN1C(=O)c1ccc(N(C)C)cc1. The number of ether oxygens (including phenoxy) is 1. The average Bonchev–Trinajstić information content (AvgIpc) is 2.73. The maximum Gasteiger partial charge on any atom is 0.329 e. The molecule has 0 N–H and O–H groups in total. The molecule has 0 spiro atoms. The average molecular weight is 381 g/mol. The molecule has 0 aliphatic carbocycles. The van der Waals surface area contributed by atoms with E-state index in [0.717, 1.165) is 12.2 Å². The van der Waals surface area contributed by atoms with Gasteiger partial charge in [-0.2, -0.15) is 0 Å². The fraction of sp³-hybridized carbons (Fsp3) is 0.364. The zero-order chi connectivity index (χ0) is 20.1. The van der Waals surface area contributed by atoms with Gasteiger partial charge < -0.3 is 14.5 Å². The number of hydrogen-bond donors (Lipinski definition) is 0. The van der Waals surface area contributed by atoms with Crippen LogP contribution < -0.4 is 4.90 Å². The van der Waals surface area contributed by atoms with Crippen molar-refractivity contribution < 1.29 is 14.3 Å². The summed E-state index contributed by atoms with van der Waals surface area (Å²) in [5, 5.41) is 0. The molecule has 0 bridgehead atoms. The first-order chi connectivity index (χ1) is 13.5. The van der Waals surface area contributed by atoms with E-state index in [9.17, 15) is 9.59 Å². The van der Waals surface area contributed by atoms with Crippen molar-refractivity contribution in [1.29, 1.82) is 0 Å². The second-order valence-electron chi connectivity index (χ2n) is 7.20. The molecule has 1 atom stereocenters. The topological polar surface area (TPSA) is 53.1 Å². The third-order valence-electron chi connectivity index (χ3n) is 5.08. The minimum absolute atomic E-state index is 0.139. The molecule has 1 aliphatic rings. The normalized spacial score (nSPS) is 17.2. The minimum atomic E-state index is -0.608.